The molecule has 0 saturated carbocycles. The SMILES string of the molecule is COC(=O)CC1NN(c2ccccc2)C(=O)/C1=C(\C)NC1CCNN1. The molecule has 4 N–H and O–H groups in total. The average molecular weight is 345 g/mol. The molecule has 1 aromatic carbocycles. The molecule has 3 rings (SSSR count). The van der Waals surface area contributed by atoms with Gasteiger partial charge < -0.3 is 10.1 Å². The van der Waals surface area contributed by atoms with Crippen molar-refractivity contribution in [2.75, 3.05) is 18.7 Å². The molecule has 25 heavy (non-hydrogen) atoms. The Bertz CT molecular complexity index is 670. The molecule has 2 aliphatic heterocycles. The van der Waals surface area contributed by atoms with Gasteiger partial charge in [0.05, 0.1) is 37.0 Å². The van der Waals surface area contributed by atoms with Crippen LogP contribution in [0.5, 0.6) is 0 Å². The van der Waals surface area contributed by atoms with Crippen molar-refractivity contribution < 1.29 is 14.3 Å². The summed E-state index contributed by atoms with van der Waals surface area (Å²) in [6.45, 7) is 2.71. The molecule has 2 atom stereocenters. The van der Waals surface area contributed by atoms with Crippen LogP contribution in [0, 0.1) is 0 Å². The summed E-state index contributed by atoms with van der Waals surface area (Å²) in [5, 5.41) is 4.79. The topological polar surface area (TPSA) is 94.7 Å². The van der Waals surface area contributed by atoms with Crippen LogP contribution in [0.2, 0.25) is 0 Å². The average Bonchev–Trinajstić information content (AvgIpc) is 3.23. The van der Waals surface area contributed by atoms with Gasteiger partial charge in [0, 0.05) is 12.2 Å². The van der Waals surface area contributed by atoms with E-state index in [4.69, 9.17) is 4.74 Å². The van der Waals surface area contributed by atoms with Crippen molar-refractivity contribution in [2.24, 2.45) is 0 Å². The Morgan fingerprint density at radius 1 is 1.36 bits per heavy atom. The molecule has 134 valence electrons. The minimum absolute atomic E-state index is 0.0462. The van der Waals surface area contributed by atoms with Gasteiger partial charge in [0.15, 0.2) is 0 Å². The van der Waals surface area contributed by atoms with Crippen LogP contribution in [0.1, 0.15) is 19.8 Å². The fraction of sp³-hybridized carbons (Fsp3) is 0.412. The second-order valence-corrected chi connectivity index (χ2v) is 6.03. The first-order valence-corrected chi connectivity index (χ1v) is 8.28. The standard InChI is InChI=1S/C17H23N5O3/c1-11(19-14-8-9-18-20-14)16-13(10-15(23)25-2)21-22(17(16)24)12-6-4-3-5-7-12/h3-7,13-14,18-21H,8-10H2,1-2H3/b16-11+. The first-order chi connectivity index (χ1) is 12.1. The zero-order chi connectivity index (χ0) is 17.8. The highest BCUT2D eigenvalue weighted by Gasteiger charge is 2.39. The quantitative estimate of drug-likeness (QED) is 0.446. The van der Waals surface area contributed by atoms with Crippen molar-refractivity contribution in [2.45, 2.75) is 32.0 Å². The molecule has 2 saturated heterocycles. The maximum atomic E-state index is 13.0. The molecule has 0 aromatic heterocycles. The summed E-state index contributed by atoms with van der Waals surface area (Å²) in [5.74, 6) is -0.540. The normalized spacial score (nSPS) is 25.2. The van der Waals surface area contributed by atoms with Crippen LogP contribution < -0.4 is 26.6 Å². The van der Waals surface area contributed by atoms with E-state index in [9.17, 15) is 9.59 Å². The summed E-state index contributed by atoms with van der Waals surface area (Å²) in [6.07, 6.45) is 1.02. The van der Waals surface area contributed by atoms with E-state index >= 15 is 0 Å². The van der Waals surface area contributed by atoms with Crippen molar-refractivity contribution in [1.82, 2.24) is 21.6 Å². The summed E-state index contributed by atoms with van der Waals surface area (Å²) in [7, 11) is 1.34. The number of para-hydroxylation sites is 1. The molecule has 8 nitrogen and oxygen atoms in total. The van der Waals surface area contributed by atoms with Gasteiger partial charge in [0.25, 0.3) is 5.91 Å². The Labute approximate surface area is 146 Å². The number of nitrogens with zero attached hydrogens (tertiary/aromatic N) is 1. The minimum atomic E-state index is -0.443. The van der Waals surface area contributed by atoms with E-state index in [0.29, 0.717) is 5.57 Å². The van der Waals surface area contributed by atoms with E-state index in [0.717, 1.165) is 24.4 Å². The third-order valence-corrected chi connectivity index (χ3v) is 4.31. The monoisotopic (exact) mass is 345 g/mol. The molecular weight excluding hydrogens is 322 g/mol. The van der Waals surface area contributed by atoms with Gasteiger partial charge in [-0.25, -0.2) is 15.9 Å². The molecule has 0 aliphatic carbocycles. The van der Waals surface area contributed by atoms with E-state index in [1.807, 2.05) is 37.3 Å². The number of nitrogens with one attached hydrogen (secondary N) is 4. The first-order valence-electron chi connectivity index (χ1n) is 8.28. The van der Waals surface area contributed by atoms with Gasteiger partial charge in [0.2, 0.25) is 0 Å². The van der Waals surface area contributed by atoms with Crippen molar-refractivity contribution in [3.05, 3.63) is 41.6 Å². The minimum Gasteiger partial charge on any atom is -0.469 e. The number of allylic oxidation sites excluding steroid dienone is 1. The number of methoxy groups -OCH3 is 1. The van der Waals surface area contributed by atoms with Crippen molar-refractivity contribution in [3.63, 3.8) is 0 Å². The summed E-state index contributed by atoms with van der Waals surface area (Å²) in [6, 6.07) is 8.85. The smallest absolute Gasteiger partial charge is 0.307 e. The maximum absolute atomic E-state index is 13.0. The Kier molecular flexibility index (Phi) is 5.32. The Morgan fingerprint density at radius 3 is 2.76 bits per heavy atom. The van der Waals surface area contributed by atoms with Gasteiger partial charge >= 0.3 is 5.97 Å². The van der Waals surface area contributed by atoms with E-state index in [1.54, 1.807) is 0 Å². The van der Waals surface area contributed by atoms with E-state index in [2.05, 4.69) is 21.6 Å². The van der Waals surface area contributed by atoms with Gasteiger partial charge in [-0.3, -0.25) is 15.0 Å². The number of hydrogen-bond acceptors (Lipinski definition) is 7. The number of hydrogen-bond donors (Lipinski definition) is 4. The maximum Gasteiger partial charge on any atom is 0.307 e. The summed E-state index contributed by atoms with van der Waals surface area (Å²) in [4.78, 5) is 24.8. The highest BCUT2D eigenvalue weighted by atomic mass is 16.5. The van der Waals surface area contributed by atoms with Crippen LogP contribution in [0.25, 0.3) is 0 Å². The Balaban J connectivity index is 1.87. The molecule has 2 unspecified atom stereocenters. The largest absolute Gasteiger partial charge is 0.469 e. The van der Waals surface area contributed by atoms with Gasteiger partial charge in [-0.05, 0) is 25.5 Å². The van der Waals surface area contributed by atoms with Crippen LogP contribution in [0.4, 0.5) is 5.69 Å². The lowest BCUT2D eigenvalue weighted by molar-refractivity contribution is -0.140. The van der Waals surface area contributed by atoms with Crippen LogP contribution in [0.15, 0.2) is 41.6 Å². The highest BCUT2D eigenvalue weighted by molar-refractivity contribution is 6.09. The number of rotatable bonds is 5. The fourth-order valence-electron chi connectivity index (χ4n) is 3.07. The molecular formula is C17H23N5O3. The summed E-state index contributed by atoms with van der Waals surface area (Å²) in [5.41, 5.74) is 11.3. The highest BCUT2D eigenvalue weighted by Crippen LogP contribution is 2.26. The number of carbonyl (C=O) groups is 2. The second kappa shape index (κ2) is 7.64. The number of anilines is 1. The number of benzene rings is 1. The summed E-state index contributed by atoms with van der Waals surface area (Å²) < 4.78 is 4.78. The van der Waals surface area contributed by atoms with Gasteiger partial charge in [-0.2, -0.15) is 0 Å². The van der Waals surface area contributed by atoms with Crippen LogP contribution >= 0.6 is 0 Å². The van der Waals surface area contributed by atoms with E-state index < -0.39 is 6.04 Å². The zero-order valence-electron chi connectivity index (χ0n) is 14.3. The van der Waals surface area contributed by atoms with Crippen molar-refractivity contribution in [3.8, 4) is 0 Å². The molecule has 0 radical (unpaired) electrons. The number of hydrazine groups is 2. The molecule has 2 heterocycles. The zero-order valence-corrected chi connectivity index (χ0v) is 14.3. The van der Waals surface area contributed by atoms with Crippen molar-refractivity contribution in [1.29, 1.82) is 0 Å². The molecule has 0 bridgehead atoms. The van der Waals surface area contributed by atoms with E-state index in [-0.39, 0.29) is 24.5 Å². The van der Waals surface area contributed by atoms with E-state index in [1.165, 1.54) is 12.1 Å². The number of amides is 1. The lowest BCUT2D eigenvalue weighted by Crippen LogP contribution is -2.41. The van der Waals surface area contributed by atoms with Crippen LogP contribution in [0.3, 0.4) is 0 Å². The van der Waals surface area contributed by atoms with Gasteiger partial charge in [-0.15, -0.1) is 0 Å². The summed E-state index contributed by atoms with van der Waals surface area (Å²) >= 11 is 0. The molecule has 8 heteroatoms. The third kappa shape index (κ3) is 3.81. The van der Waals surface area contributed by atoms with Gasteiger partial charge in [-0.1, -0.05) is 18.2 Å². The molecule has 1 aromatic rings. The van der Waals surface area contributed by atoms with Gasteiger partial charge in [0.1, 0.15) is 0 Å². The predicted molar refractivity (Wildman–Crippen MR) is 92.9 cm³/mol. The Morgan fingerprint density at radius 2 is 2.12 bits per heavy atom. The lowest BCUT2D eigenvalue weighted by atomic mass is 10.0. The number of esters is 1. The second-order valence-electron chi connectivity index (χ2n) is 6.03. The first kappa shape index (κ1) is 17.4. The van der Waals surface area contributed by atoms with Crippen molar-refractivity contribution >= 4 is 17.6 Å². The number of carbonyl (C=O) groups excluding carboxylic acids is 2. The predicted octanol–water partition coefficient (Wildman–Crippen LogP) is 0.157. The fourth-order valence-corrected chi connectivity index (χ4v) is 3.07. The number of ether oxygens (including phenoxy) is 1. The molecule has 2 fully saturated rings. The Hall–Kier alpha value is -2.42. The molecule has 0 spiro atoms. The lowest BCUT2D eigenvalue weighted by Gasteiger charge is -2.17. The van der Waals surface area contributed by atoms with Crippen LogP contribution in [-0.2, 0) is 14.3 Å². The van der Waals surface area contributed by atoms with Crippen LogP contribution in [-0.4, -0.2) is 37.7 Å². The third-order valence-electron chi connectivity index (χ3n) is 4.31. The molecule has 2 aliphatic rings. The molecule has 1 amide bonds.